The molecule has 0 aliphatic carbocycles. The molecule has 2 aromatic rings. The zero-order chi connectivity index (χ0) is 17.7. The van der Waals surface area contributed by atoms with Gasteiger partial charge in [0.05, 0.1) is 24.6 Å². The van der Waals surface area contributed by atoms with Crippen molar-refractivity contribution < 1.29 is 13.9 Å². The number of rotatable bonds is 6. The number of halogens is 1. The molecule has 0 saturated heterocycles. The molecule has 3 atom stereocenters. The van der Waals surface area contributed by atoms with Gasteiger partial charge in [0.15, 0.2) is 0 Å². The van der Waals surface area contributed by atoms with Crippen molar-refractivity contribution in [3.05, 3.63) is 65.5 Å². The van der Waals surface area contributed by atoms with E-state index < -0.39 is 23.8 Å². The number of ether oxygens (including phenoxy) is 1. The van der Waals surface area contributed by atoms with Gasteiger partial charge in [-0.1, -0.05) is 43.3 Å². The average molecular weight is 330 g/mol. The van der Waals surface area contributed by atoms with Crippen LogP contribution < -0.4 is 15.8 Å². The number of methoxy groups -OCH3 is 1. The molecule has 4 nitrogen and oxygen atoms in total. The number of hydrogen-bond donors (Lipinski definition) is 2. The summed E-state index contributed by atoms with van der Waals surface area (Å²) in [6.07, 6.45) is 0. The van der Waals surface area contributed by atoms with E-state index in [1.165, 1.54) is 13.2 Å². The second-order valence-electron chi connectivity index (χ2n) is 5.81. The van der Waals surface area contributed by atoms with Crippen molar-refractivity contribution >= 4 is 5.91 Å². The molecule has 1 amide bonds. The Balaban J connectivity index is 2.12. The number of nitrogens with one attached hydrogen (secondary N) is 1. The minimum atomic E-state index is -0.529. The summed E-state index contributed by atoms with van der Waals surface area (Å²) in [5.41, 5.74) is 7.39. The molecule has 0 saturated carbocycles. The summed E-state index contributed by atoms with van der Waals surface area (Å²) < 4.78 is 19.3. The van der Waals surface area contributed by atoms with Crippen LogP contribution in [-0.4, -0.2) is 13.0 Å². The van der Waals surface area contributed by atoms with Crippen molar-refractivity contribution in [3.8, 4) is 5.75 Å². The van der Waals surface area contributed by atoms with Crippen molar-refractivity contribution in [2.75, 3.05) is 7.11 Å². The maximum absolute atomic E-state index is 14.1. The zero-order valence-corrected chi connectivity index (χ0v) is 14.1. The van der Waals surface area contributed by atoms with Crippen LogP contribution in [0.1, 0.15) is 37.1 Å². The second-order valence-corrected chi connectivity index (χ2v) is 5.81. The molecule has 0 aliphatic rings. The quantitative estimate of drug-likeness (QED) is 0.854. The molecular weight excluding hydrogens is 307 g/mol. The normalized spacial score (nSPS) is 14.5. The monoisotopic (exact) mass is 330 g/mol. The van der Waals surface area contributed by atoms with E-state index in [9.17, 15) is 9.18 Å². The van der Waals surface area contributed by atoms with E-state index in [2.05, 4.69) is 5.32 Å². The van der Waals surface area contributed by atoms with E-state index in [1.807, 2.05) is 30.3 Å². The van der Waals surface area contributed by atoms with E-state index >= 15 is 0 Å². The van der Waals surface area contributed by atoms with E-state index in [0.717, 1.165) is 5.56 Å². The summed E-state index contributed by atoms with van der Waals surface area (Å²) in [6.45, 7) is 3.48. The number of carbonyl (C=O) groups excluding carboxylic acids is 1. The van der Waals surface area contributed by atoms with Gasteiger partial charge in [-0.3, -0.25) is 4.79 Å². The van der Waals surface area contributed by atoms with E-state index in [-0.39, 0.29) is 5.91 Å². The average Bonchev–Trinajstić information content (AvgIpc) is 2.60. The molecule has 3 unspecified atom stereocenters. The second kappa shape index (κ2) is 7.93. The standard InChI is InChI=1S/C19H23FN2O2/c1-12(18(21)14-8-5-4-6-9-14)19(23)22-13(2)17-15(20)10-7-11-16(17)24-3/h4-13,18H,21H2,1-3H3,(H,22,23). The van der Waals surface area contributed by atoms with Gasteiger partial charge < -0.3 is 15.8 Å². The predicted molar refractivity (Wildman–Crippen MR) is 92.0 cm³/mol. The molecular formula is C19H23FN2O2. The lowest BCUT2D eigenvalue weighted by Gasteiger charge is -2.23. The van der Waals surface area contributed by atoms with Gasteiger partial charge in [-0.25, -0.2) is 4.39 Å². The summed E-state index contributed by atoms with van der Waals surface area (Å²) in [5.74, 6) is -0.693. The summed E-state index contributed by atoms with van der Waals surface area (Å²) in [5, 5.41) is 2.82. The van der Waals surface area contributed by atoms with Gasteiger partial charge in [0.1, 0.15) is 11.6 Å². The van der Waals surface area contributed by atoms with Gasteiger partial charge in [-0.05, 0) is 24.6 Å². The summed E-state index contributed by atoms with van der Waals surface area (Å²) in [7, 11) is 1.47. The largest absolute Gasteiger partial charge is 0.496 e. The first-order chi connectivity index (χ1) is 11.5. The van der Waals surface area contributed by atoms with Gasteiger partial charge in [0.2, 0.25) is 5.91 Å². The molecule has 2 aromatic carbocycles. The van der Waals surface area contributed by atoms with Crippen LogP contribution in [0.5, 0.6) is 5.75 Å². The van der Waals surface area contributed by atoms with Crippen LogP contribution in [0.4, 0.5) is 4.39 Å². The predicted octanol–water partition coefficient (Wildman–Crippen LogP) is 3.35. The highest BCUT2D eigenvalue weighted by Gasteiger charge is 2.25. The minimum Gasteiger partial charge on any atom is -0.496 e. The Bertz CT molecular complexity index is 691. The Morgan fingerprint density at radius 3 is 2.42 bits per heavy atom. The molecule has 2 rings (SSSR count). The topological polar surface area (TPSA) is 64.3 Å². The van der Waals surface area contributed by atoms with Crippen LogP contribution in [0.3, 0.4) is 0 Å². The molecule has 0 spiro atoms. The smallest absolute Gasteiger partial charge is 0.225 e. The highest BCUT2D eigenvalue weighted by atomic mass is 19.1. The van der Waals surface area contributed by atoms with Crippen molar-refractivity contribution in [3.63, 3.8) is 0 Å². The van der Waals surface area contributed by atoms with Gasteiger partial charge in [-0.2, -0.15) is 0 Å². The first-order valence-corrected chi connectivity index (χ1v) is 7.89. The third-order valence-corrected chi connectivity index (χ3v) is 4.16. The molecule has 0 heterocycles. The zero-order valence-electron chi connectivity index (χ0n) is 14.1. The van der Waals surface area contributed by atoms with Gasteiger partial charge in [0, 0.05) is 6.04 Å². The first-order valence-electron chi connectivity index (χ1n) is 7.89. The fraction of sp³-hybridized carbons (Fsp3) is 0.316. The van der Waals surface area contributed by atoms with E-state index in [4.69, 9.17) is 10.5 Å². The Labute approximate surface area is 141 Å². The maximum atomic E-state index is 14.1. The Kier molecular flexibility index (Phi) is 5.93. The van der Waals surface area contributed by atoms with Gasteiger partial charge in [-0.15, -0.1) is 0 Å². The van der Waals surface area contributed by atoms with Gasteiger partial charge >= 0.3 is 0 Å². The van der Waals surface area contributed by atoms with Crippen molar-refractivity contribution in [2.45, 2.75) is 25.9 Å². The van der Waals surface area contributed by atoms with Crippen molar-refractivity contribution in [1.82, 2.24) is 5.32 Å². The molecule has 24 heavy (non-hydrogen) atoms. The molecule has 0 bridgehead atoms. The highest BCUT2D eigenvalue weighted by Crippen LogP contribution is 2.28. The summed E-state index contributed by atoms with van der Waals surface area (Å²) in [4.78, 5) is 12.5. The first kappa shape index (κ1) is 17.9. The molecule has 5 heteroatoms. The molecule has 3 N–H and O–H groups in total. The van der Waals surface area contributed by atoms with Crippen molar-refractivity contribution in [1.29, 1.82) is 0 Å². The lowest BCUT2D eigenvalue weighted by Crippen LogP contribution is -2.37. The van der Waals surface area contributed by atoms with Gasteiger partial charge in [0.25, 0.3) is 0 Å². The third-order valence-electron chi connectivity index (χ3n) is 4.16. The van der Waals surface area contributed by atoms with Crippen molar-refractivity contribution in [2.24, 2.45) is 11.7 Å². The number of hydrogen-bond acceptors (Lipinski definition) is 3. The highest BCUT2D eigenvalue weighted by molar-refractivity contribution is 5.79. The molecule has 0 fully saturated rings. The fourth-order valence-corrected chi connectivity index (χ4v) is 2.66. The summed E-state index contributed by atoms with van der Waals surface area (Å²) >= 11 is 0. The fourth-order valence-electron chi connectivity index (χ4n) is 2.66. The third kappa shape index (κ3) is 3.92. The molecule has 0 aromatic heterocycles. The van der Waals surface area contributed by atoms with Crippen LogP contribution in [0, 0.1) is 11.7 Å². The van der Waals surface area contributed by atoms with E-state index in [1.54, 1.807) is 26.0 Å². The Morgan fingerprint density at radius 1 is 1.12 bits per heavy atom. The number of nitrogens with two attached hydrogens (primary N) is 1. The molecule has 0 aliphatic heterocycles. The van der Waals surface area contributed by atoms with Crippen LogP contribution in [0.25, 0.3) is 0 Å². The van der Waals surface area contributed by atoms with E-state index in [0.29, 0.717) is 11.3 Å². The SMILES string of the molecule is COc1cccc(F)c1C(C)NC(=O)C(C)C(N)c1ccccc1. The van der Waals surface area contributed by atoms with Crippen LogP contribution in [0.15, 0.2) is 48.5 Å². The number of benzene rings is 2. The van der Waals surface area contributed by atoms with Crippen LogP contribution >= 0.6 is 0 Å². The lowest BCUT2D eigenvalue weighted by molar-refractivity contribution is -0.125. The number of carbonyl (C=O) groups is 1. The maximum Gasteiger partial charge on any atom is 0.225 e. The number of amides is 1. The minimum absolute atomic E-state index is 0.232. The molecule has 128 valence electrons. The Morgan fingerprint density at radius 2 is 1.79 bits per heavy atom. The molecule has 0 radical (unpaired) electrons. The van der Waals surface area contributed by atoms with Crippen LogP contribution in [0.2, 0.25) is 0 Å². The lowest BCUT2D eigenvalue weighted by atomic mass is 9.94. The Hall–Kier alpha value is -2.40. The summed E-state index contributed by atoms with van der Waals surface area (Å²) in [6, 6.07) is 13.1. The van der Waals surface area contributed by atoms with Crippen LogP contribution in [-0.2, 0) is 4.79 Å².